The number of piperidine rings is 1. The molecule has 1 aromatic rings. The monoisotopic (exact) mass is 478 g/mol. The second-order valence-electron chi connectivity index (χ2n) is 9.65. The fraction of sp³-hybridized carbons (Fsp3) is 0.727. The molecule has 0 aromatic carbocycles. The summed E-state index contributed by atoms with van der Waals surface area (Å²) < 4.78 is 19.9. The third kappa shape index (κ3) is 5.36. The number of aromatic nitrogens is 1. The van der Waals surface area contributed by atoms with Gasteiger partial charge in [-0.25, -0.2) is 4.39 Å². The quantitative estimate of drug-likeness (QED) is 0.491. The highest BCUT2D eigenvalue weighted by Crippen LogP contribution is 2.34. The van der Waals surface area contributed by atoms with Crippen molar-refractivity contribution >= 4 is 17.3 Å². The summed E-state index contributed by atoms with van der Waals surface area (Å²) in [5.74, 6) is -1.47. The van der Waals surface area contributed by atoms with Crippen molar-refractivity contribution in [3.63, 3.8) is 0 Å². The first-order chi connectivity index (χ1) is 16.3. The van der Waals surface area contributed by atoms with Crippen LogP contribution >= 0.6 is 0 Å². The Hall–Kier alpha value is -2.25. The lowest BCUT2D eigenvalue weighted by Gasteiger charge is -2.47. The molecule has 4 N–H and O–H groups in total. The Morgan fingerprint density at radius 2 is 2.15 bits per heavy atom. The van der Waals surface area contributed by atoms with Crippen LogP contribution in [0.1, 0.15) is 12.8 Å². The van der Waals surface area contributed by atoms with Crippen LogP contribution in [0.25, 0.3) is 0 Å². The van der Waals surface area contributed by atoms with Crippen LogP contribution < -0.4 is 21.3 Å². The summed E-state index contributed by atoms with van der Waals surface area (Å²) in [6.07, 6.45) is 2.09. The summed E-state index contributed by atoms with van der Waals surface area (Å²) in [6.45, 7) is 4.39. The van der Waals surface area contributed by atoms with Crippen LogP contribution in [0.5, 0.6) is 0 Å². The van der Waals surface area contributed by atoms with E-state index in [0.717, 1.165) is 51.3 Å². The number of likely N-dealkylation sites (N-methyl/N-ethyl adjacent to an activating group) is 1. The number of carbonyl (C=O) groups is 1. The van der Waals surface area contributed by atoms with E-state index in [0.29, 0.717) is 5.69 Å². The summed E-state index contributed by atoms with van der Waals surface area (Å²) in [6, 6.07) is 1.87. The maximum Gasteiger partial charge on any atom is 0.234 e. The molecule has 11 nitrogen and oxygen atoms in total. The Morgan fingerprint density at radius 1 is 1.38 bits per heavy atom. The largest absolute Gasteiger partial charge is 0.372 e. The number of pyridine rings is 1. The molecule has 0 saturated carbocycles. The topological polar surface area (TPSA) is 128 Å². The Bertz CT molecular complexity index is 868. The van der Waals surface area contributed by atoms with E-state index in [4.69, 9.17) is 10.5 Å². The van der Waals surface area contributed by atoms with Crippen LogP contribution in [0.4, 0.5) is 15.8 Å². The maximum absolute atomic E-state index is 13.8. The minimum Gasteiger partial charge on any atom is -0.372 e. The van der Waals surface area contributed by atoms with Crippen LogP contribution in [-0.4, -0.2) is 105 Å². The van der Waals surface area contributed by atoms with E-state index in [1.807, 2.05) is 6.07 Å². The summed E-state index contributed by atoms with van der Waals surface area (Å²) in [5, 5.41) is 8.80. The summed E-state index contributed by atoms with van der Waals surface area (Å²) in [7, 11) is 3.81. The second-order valence-corrected chi connectivity index (χ2v) is 9.65. The van der Waals surface area contributed by atoms with Crippen LogP contribution in [0.15, 0.2) is 23.6 Å². The summed E-state index contributed by atoms with van der Waals surface area (Å²) in [4.78, 5) is 35.0. The van der Waals surface area contributed by atoms with Crippen molar-refractivity contribution in [2.45, 2.75) is 36.9 Å². The number of hydrogen-bond donors (Lipinski definition) is 3. The van der Waals surface area contributed by atoms with Gasteiger partial charge in [0.2, 0.25) is 5.91 Å². The van der Waals surface area contributed by atoms with Crippen LogP contribution in [-0.2, 0) is 9.53 Å². The number of alkyl halides is 1. The fourth-order valence-electron chi connectivity index (χ4n) is 5.31. The van der Waals surface area contributed by atoms with Crippen molar-refractivity contribution < 1.29 is 13.9 Å². The number of halogens is 1. The molecule has 3 saturated heterocycles. The molecule has 4 atom stereocenters. The van der Waals surface area contributed by atoms with Crippen molar-refractivity contribution in [2.24, 2.45) is 16.8 Å². The molecule has 4 unspecified atom stereocenters. The smallest absolute Gasteiger partial charge is 0.234 e. The van der Waals surface area contributed by atoms with Gasteiger partial charge in [0, 0.05) is 45.5 Å². The second kappa shape index (κ2) is 10.6. The number of nitrogens with zero attached hydrogens (tertiary/aromatic N) is 5. The zero-order valence-electron chi connectivity index (χ0n) is 19.8. The van der Waals surface area contributed by atoms with Crippen LogP contribution in [0.3, 0.4) is 0 Å². The van der Waals surface area contributed by atoms with Gasteiger partial charge in [0.25, 0.3) is 0 Å². The molecule has 3 fully saturated rings. The third-order valence-electron chi connectivity index (χ3n) is 7.15. The van der Waals surface area contributed by atoms with Gasteiger partial charge < -0.3 is 25.6 Å². The molecule has 0 bridgehead atoms. The molecule has 12 heteroatoms. The zero-order chi connectivity index (χ0) is 24.3. The lowest BCUT2D eigenvalue weighted by atomic mass is 9.89. The number of nitroso groups, excluding NO2 is 1. The first-order valence-corrected chi connectivity index (χ1v) is 11.8. The highest BCUT2D eigenvalue weighted by molar-refractivity contribution is 5.96. The average Bonchev–Trinajstić information content (AvgIpc) is 2.81. The Balaban J connectivity index is 1.47. The Labute approximate surface area is 199 Å². The third-order valence-corrected chi connectivity index (χ3v) is 7.15. The van der Waals surface area contributed by atoms with E-state index >= 15 is 0 Å². The van der Waals surface area contributed by atoms with Crippen LogP contribution in [0, 0.1) is 10.8 Å². The maximum atomic E-state index is 13.8. The standard InChI is InChI=1S/C22H35FN8O3/c1-29-9-10-34-22(14-29)4-7-31(8-5-22)17-3-6-25-12-16(17)27-21(32)18(19(24)28-33)20-26-11-15(23)13-30(20)2/h3,6,12,15,18-20,26H,4-5,7-11,13-14,24H2,1-2H3,(H,27,32). The first kappa shape index (κ1) is 24.9. The predicted molar refractivity (Wildman–Crippen MR) is 127 cm³/mol. The van der Waals surface area contributed by atoms with Crippen molar-refractivity contribution in [3.8, 4) is 0 Å². The first-order valence-electron chi connectivity index (χ1n) is 11.8. The van der Waals surface area contributed by atoms with Crippen molar-refractivity contribution in [3.05, 3.63) is 23.4 Å². The van der Waals surface area contributed by atoms with E-state index in [9.17, 15) is 14.1 Å². The zero-order valence-corrected chi connectivity index (χ0v) is 19.8. The Kier molecular flexibility index (Phi) is 7.73. The highest BCUT2D eigenvalue weighted by atomic mass is 19.1. The number of morpholine rings is 1. The van der Waals surface area contributed by atoms with Crippen LogP contribution in [0.2, 0.25) is 0 Å². The van der Waals surface area contributed by atoms with Gasteiger partial charge in [0.1, 0.15) is 12.1 Å². The van der Waals surface area contributed by atoms with E-state index in [-0.39, 0.29) is 18.7 Å². The average molecular weight is 479 g/mol. The van der Waals surface area contributed by atoms with E-state index in [1.54, 1.807) is 24.3 Å². The molecule has 1 spiro atoms. The van der Waals surface area contributed by atoms with Crippen molar-refractivity contribution in [1.29, 1.82) is 0 Å². The molecule has 188 valence electrons. The van der Waals surface area contributed by atoms with Gasteiger partial charge in [-0.2, -0.15) is 0 Å². The Morgan fingerprint density at radius 3 is 2.82 bits per heavy atom. The molecule has 4 heterocycles. The minimum absolute atomic E-state index is 0.0787. The molecule has 34 heavy (non-hydrogen) atoms. The summed E-state index contributed by atoms with van der Waals surface area (Å²) in [5.41, 5.74) is 7.19. The van der Waals surface area contributed by atoms with Crippen molar-refractivity contribution in [1.82, 2.24) is 20.1 Å². The van der Waals surface area contributed by atoms with Gasteiger partial charge in [0.05, 0.1) is 35.9 Å². The van der Waals surface area contributed by atoms with Gasteiger partial charge in [-0.05, 0) is 33.0 Å². The number of rotatable bonds is 6. The van der Waals surface area contributed by atoms with Gasteiger partial charge in [-0.3, -0.25) is 20.0 Å². The number of hydrogen-bond acceptors (Lipinski definition) is 10. The number of nitrogens with two attached hydrogens (primary N) is 1. The SMILES string of the molecule is CN1CCOC2(CCN(c3ccncc3NC(=O)C(C(N)N=O)C3NCC(F)CN3C)CC2)C1. The normalized spacial score (nSPS) is 27.8. The van der Waals surface area contributed by atoms with Gasteiger partial charge in [-0.1, -0.05) is 5.18 Å². The number of anilines is 2. The predicted octanol–water partition coefficient (Wildman–Crippen LogP) is 0.188. The number of ether oxygens (including phenoxy) is 1. The lowest BCUT2D eigenvalue weighted by Crippen LogP contribution is -2.62. The van der Waals surface area contributed by atoms with E-state index in [2.05, 4.69) is 37.6 Å². The summed E-state index contributed by atoms with van der Waals surface area (Å²) >= 11 is 0. The number of nitrogens with one attached hydrogen (secondary N) is 2. The molecule has 4 rings (SSSR count). The van der Waals surface area contributed by atoms with E-state index < -0.39 is 30.3 Å². The van der Waals surface area contributed by atoms with E-state index in [1.165, 1.54) is 0 Å². The molecule has 0 aliphatic carbocycles. The molecule has 1 aromatic heterocycles. The molecule has 0 radical (unpaired) electrons. The van der Waals surface area contributed by atoms with Gasteiger partial charge >= 0.3 is 0 Å². The molecular formula is C22H35FN8O3. The molecule has 3 aliphatic heterocycles. The number of amides is 1. The highest BCUT2D eigenvalue weighted by Gasteiger charge is 2.41. The van der Waals surface area contributed by atoms with Gasteiger partial charge in [-0.15, -0.1) is 4.91 Å². The molecular weight excluding hydrogens is 443 g/mol. The van der Waals surface area contributed by atoms with Gasteiger partial charge in [0.15, 0.2) is 6.17 Å². The molecule has 3 aliphatic rings. The molecule has 1 amide bonds. The lowest BCUT2D eigenvalue weighted by molar-refractivity contribution is -0.124. The number of carbonyl (C=O) groups excluding carboxylic acids is 1. The minimum atomic E-state index is -1.29. The van der Waals surface area contributed by atoms with Crippen molar-refractivity contribution in [2.75, 3.05) is 70.2 Å². The fourth-order valence-corrected chi connectivity index (χ4v) is 5.31.